The van der Waals surface area contributed by atoms with Crippen molar-refractivity contribution in [3.63, 3.8) is 0 Å². The molecule has 1 heterocycles. The van der Waals surface area contributed by atoms with Gasteiger partial charge in [0.15, 0.2) is 0 Å². The summed E-state index contributed by atoms with van der Waals surface area (Å²) in [6.45, 7) is 2.29. The number of nitrogens with zero attached hydrogens (tertiary/aromatic N) is 2. The molecule has 0 aliphatic rings. The highest BCUT2D eigenvalue weighted by Crippen LogP contribution is 2.19. The molecule has 22 heavy (non-hydrogen) atoms. The molecule has 0 radical (unpaired) electrons. The van der Waals surface area contributed by atoms with Crippen molar-refractivity contribution in [1.82, 2.24) is 9.55 Å². The van der Waals surface area contributed by atoms with Gasteiger partial charge in [-0.1, -0.05) is 30.3 Å². The van der Waals surface area contributed by atoms with Gasteiger partial charge in [-0.3, -0.25) is 14.3 Å². The van der Waals surface area contributed by atoms with E-state index in [1.54, 1.807) is 31.0 Å². The number of H-pyrrole nitrogens is 1. The fourth-order valence-electron chi connectivity index (χ4n) is 2.39. The Kier molecular flexibility index (Phi) is 4.67. The number of nitrogens with two attached hydrogens (primary N) is 1. The number of nitrogen functional groups attached to an aromatic ring is 1. The van der Waals surface area contributed by atoms with Gasteiger partial charge in [-0.2, -0.15) is 0 Å². The maximum Gasteiger partial charge on any atom is 0.330 e. The zero-order chi connectivity index (χ0) is 16.3. The molecule has 0 bridgehead atoms. The normalized spacial score (nSPS) is 12.1. The highest BCUT2D eigenvalue weighted by Gasteiger charge is 2.18. The Labute approximate surface area is 127 Å². The maximum atomic E-state index is 12.0. The van der Waals surface area contributed by atoms with Crippen molar-refractivity contribution in [2.45, 2.75) is 19.6 Å². The molecule has 0 aliphatic carbocycles. The van der Waals surface area contributed by atoms with Crippen LogP contribution in [0.5, 0.6) is 0 Å². The molecule has 7 nitrogen and oxygen atoms in total. The summed E-state index contributed by atoms with van der Waals surface area (Å²) >= 11 is 0. The predicted molar refractivity (Wildman–Crippen MR) is 86.1 cm³/mol. The number of aromatic amines is 1. The summed E-state index contributed by atoms with van der Waals surface area (Å²) in [5.41, 5.74) is 5.75. The van der Waals surface area contributed by atoms with Crippen molar-refractivity contribution in [3.8, 4) is 0 Å². The zero-order valence-corrected chi connectivity index (χ0v) is 12.6. The Morgan fingerprint density at radius 1 is 1.32 bits per heavy atom. The number of hydrogen-bond donors (Lipinski definition) is 3. The third kappa shape index (κ3) is 3.04. The van der Waals surface area contributed by atoms with E-state index in [2.05, 4.69) is 4.98 Å². The molecule has 1 aromatic heterocycles. The minimum absolute atomic E-state index is 0.0963. The van der Waals surface area contributed by atoms with Gasteiger partial charge in [0.05, 0.1) is 6.10 Å². The van der Waals surface area contributed by atoms with E-state index in [0.717, 1.165) is 5.56 Å². The van der Waals surface area contributed by atoms with Crippen molar-refractivity contribution < 1.29 is 5.11 Å². The van der Waals surface area contributed by atoms with Gasteiger partial charge < -0.3 is 15.7 Å². The molecule has 4 N–H and O–H groups in total. The van der Waals surface area contributed by atoms with Crippen LogP contribution in [0.3, 0.4) is 0 Å². The molecule has 118 valence electrons. The number of anilines is 2. The van der Waals surface area contributed by atoms with Crippen LogP contribution in [0.2, 0.25) is 0 Å². The number of likely N-dealkylation sites (N-methyl/N-ethyl adjacent to an activating group) is 1. The minimum atomic E-state index is -0.771. The maximum absolute atomic E-state index is 12.0. The lowest BCUT2D eigenvalue weighted by atomic mass is 10.1. The van der Waals surface area contributed by atoms with Crippen LogP contribution in [0.25, 0.3) is 0 Å². The molecule has 0 saturated carbocycles. The van der Waals surface area contributed by atoms with E-state index in [9.17, 15) is 14.7 Å². The third-order valence-corrected chi connectivity index (χ3v) is 3.54. The third-order valence-electron chi connectivity index (χ3n) is 3.54. The van der Waals surface area contributed by atoms with Gasteiger partial charge in [0.25, 0.3) is 5.56 Å². The van der Waals surface area contributed by atoms with Crippen molar-refractivity contribution in [2.75, 3.05) is 24.2 Å². The second-order valence-corrected chi connectivity index (χ2v) is 5.04. The molecule has 0 spiro atoms. The van der Waals surface area contributed by atoms with Gasteiger partial charge in [-0.25, -0.2) is 4.79 Å². The van der Waals surface area contributed by atoms with Crippen LogP contribution in [0.4, 0.5) is 11.5 Å². The number of aliphatic hydroxyl groups is 1. The number of rotatable bonds is 5. The van der Waals surface area contributed by atoms with E-state index in [1.807, 2.05) is 18.2 Å². The molecule has 0 fully saturated rings. The molecule has 1 unspecified atom stereocenters. The van der Waals surface area contributed by atoms with Crippen LogP contribution in [0.15, 0.2) is 39.9 Å². The Hall–Kier alpha value is -2.54. The van der Waals surface area contributed by atoms with Gasteiger partial charge in [0.1, 0.15) is 11.5 Å². The van der Waals surface area contributed by atoms with E-state index in [1.165, 1.54) is 4.57 Å². The molecule has 0 saturated heterocycles. The SMILES string of the molecule is CCn1c(N)c(N(C)CC(O)c2ccccc2)c(=O)[nH]c1=O. The summed E-state index contributed by atoms with van der Waals surface area (Å²) in [6, 6.07) is 9.13. The molecule has 2 aromatic rings. The fraction of sp³-hybridized carbons (Fsp3) is 0.333. The van der Waals surface area contributed by atoms with Crippen LogP contribution in [0.1, 0.15) is 18.6 Å². The summed E-state index contributed by atoms with van der Waals surface area (Å²) in [6.07, 6.45) is -0.771. The van der Waals surface area contributed by atoms with Crippen LogP contribution >= 0.6 is 0 Å². The van der Waals surface area contributed by atoms with Gasteiger partial charge in [-0.05, 0) is 12.5 Å². The lowest BCUT2D eigenvalue weighted by Crippen LogP contribution is -2.38. The van der Waals surface area contributed by atoms with Crippen molar-refractivity contribution in [1.29, 1.82) is 0 Å². The summed E-state index contributed by atoms with van der Waals surface area (Å²) in [5, 5.41) is 10.3. The monoisotopic (exact) mass is 304 g/mol. The van der Waals surface area contributed by atoms with E-state index in [-0.39, 0.29) is 18.1 Å². The van der Waals surface area contributed by atoms with Gasteiger partial charge in [0.2, 0.25) is 0 Å². The number of aromatic nitrogens is 2. The van der Waals surface area contributed by atoms with Crippen LogP contribution in [-0.4, -0.2) is 28.3 Å². The number of hydrogen-bond acceptors (Lipinski definition) is 5. The molecular weight excluding hydrogens is 284 g/mol. The molecule has 0 aliphatic heterocycles. The van der Waals surface area contributed by atoms with E-state index in [0.29, 0.717) is 6.54 Å². The number of aliphatic hydroxyl groups excluding tert-OH is 1. The van der Waals surface area contributed by atoms with Gasteiger partial charge in [0, 0.05) is 20.1 Å². The number of benzene rings is 1. The van der Waals surface area contributed by atoms with Crippen molar-refractivity contribution in [3.05, 3.63) is 56.7 Å². The minimum Gasteiger partial charge on any atom is -0.387 e. The Bertz CT molecular complexity index is 752. The predicted octanol–water partition coefficient (Wildman–Crippen LogP) is 0.308. The van der Waals surface area contributed by atoms with E-state index >= 15 is 0 Å². The Balaban J connectivity index is 2.32. The zero-order valence-electron chi connectivity index (χ0n) is 12.6. The molecule has 2 rings (SSSR count). The van der Waals surface area contributed by atoms with Gasteiger partial charge in [-0.15, -0.1) is 0 Å². The molecule has 1 atom stereocenters. The highest BCUT2D eigenvalue weighted by molar-refractivity contribution is 5.62. The second kappa shape index (κ2) is 6.48. The molecular formula is C15H20N4O3. The lowest BCUT2D eigenvalue weighted by Gasteiger charge is -2.24. The second-order valence-electron chi connectivity index (χ2n) is 5.04. The number of nitrogens with one attached hydrogen (secondary N) is 1. The first kappa shape index (κ1) is 15.8. The van der Waals surface area contributed by atoms with Crippen LogP contribution in [-0.2, 0) is 6.54 Å². The average Bonchev–Trinajstić information content (AvgIpc) is 2.48. The Morgan fingerprint density at radius 3 is 2.55 bits per heavy atom. The summed E-state index contributed by atoms with van der Waals surface area (Å²) < 4.78 is 1.28. The first-order valence-electron chi connectivity index (χ1n) is 7.02. The topological polar surface area (TPSA) is 104 Å². The Morgan fingerprint density at radius 2 is 1.95 bits per heavy atom. The molecule has 7 heteroatoms. The first-order chi connectivity index (χ1) is 10.5. The van der Waals surface area contributed by atoms with Crippen LogP contribution in [0, 0.1) is 0 Å². The van der Waals surface area contributed by atoms with Crippen molar-refractivity contribution >= 4 is 11.5 Å². The fourth-order valence-corrected chi connectivity index (χ4v) is 2.39. The van der Waals surface area contributed by atoms with Gasteiger partial charge >= 0.3 is 5.69 Å². The van der Waals surface area contributed by atoms with E-state index in [4.69, 9.17) is 5.73 Å². The summed E-state index contributed by atoms with van der Waals surface area (Å²) in [4.78, 5) is 27.5. The quantitative estimate of drug-likeness (QED) is 0.737. The lowest BCUT2D eigenvalue weighted by molar-refractivity contribution is 0.185. The average molecular weight is 304 g/mol. The van der Waals surface area contributed by atoms with Crippen LogP contribution < -0.4 is 21.9 Å². The summed E-state index contributed by atoms with van der Waals surface area (Å²) in [5.74, 6) is 0.0963. The smallest absolute Gasteiger partial charge is 0.330 e. The first-order valence-corrected chi connectivity index (χ1v) is 7.02. The summed E-state index contributed by atoms with van der Waals surface area (Å²) in [7, 11) is 1.65. The molecule has 1 aromatic carbocycles. The molecule has 0 amide bonds. The largest absolute Gasteiger partial charge is 0.387 e. The standard InChI is InChI=1S/C15H20N4O3/c1-3-19-13(16)12(14(21)17-15(19)22)18(2)9-11(20)10-7-5-4-6-8-10/h4-8,11,20H,3,9,16H2,1-2H3,(H,17,21,22). The van der Waals surface area contributed by atoms with Crippen molar-refractivity contribution in [2.24, 2.45) is 0 Å². The highest BCUT2D eigenvalue weighted by atomic mass is 16.3. The van der Waals surface area contributed by atoms with E-state index < -0.39 is 17.4 Å².